The lowest BCUT2D eigenvalue weighted by atomic mass is 9.84. The number of hydrogen-bond donors (Lipinski definition) is 0. The molecule has 1 aromatic heterocycles. The third-order valence-electron chi connectivity index (χ3n) is 3.66. The molecule has 0 amide bonds. The van der Waals surface area contributed by atoms with Crippen LogP contribution in [0.4, 0.5) is 0 Å². The van der Waals surface area contributed by atoms with Gasteiger partial charge in [-0.15, -0.1) is 0 Å². The molecule has 1 aliphatic carbocycles. The van der Waals surface area contributed by atoms with Gasteiger partial charge in [0.15, 0.2) is 0 Å². The second-order valence-corrected chi connectivity index (χ2v) is 5.04. The van der Waals surface area contributed by atoms with E-state index in [9.17, 15) is 0 Å². The van der Waals surface area contributed by atoms with Crippen molar-refractivity contribution in [1.29, 1.82) is 0 Å². The Morgan fingerprint density at radius 3 is 3.00 bits per heavy atom. The molecule has 2 nitrogen and oxygen atoms in total. The zero-order chi connectivity index (χ0) is 12.5. The van der Waals surface area contributed by atoms with Gasteiger partial charge in [-0.2, -0.15) is 0 Å². The van der Waals surface area contributed by atoms with Crippen LogP contribution in [-0.2, 0) is 0 Å². The Labute approximate surface area is 108 Å². The van der Waals surface area contributed by atoms with Crippen molar-refractivity contribution in [1.82, 2.24) is 4.98 Å². The van der Waals surface area contributed by atoms with Crippen LogP contribution in [0.15, 0.2) is 35.4 Å². The van der Waals surface area contributed by atoms with Crippen molar-refractivity contribution >= 4 is 11.8 Å². The van der Waals surface area contributed by atoms with Crippen LogP contribution in [0, 0.1) is 12.8 Å². The van der Waals surface area contributed by atoms with E-state index in [4.69, 9.17) is 4.99 Å². The van der Waals surface area contributed by atoms with Gasteiger partial charge in [0, 0.05) is 17.2 Å². The van der Waals surface area contributed by atoms with Crippen LogP contribution in [-0.4, -0.2) is 16.7 Å². The summed E-state index contributed by atoms with van der Waals surface area (Å²) in [6, 6.07) is 4.55. The lowest BCUT2D eigenvalue weighted by Gasteiger charge is -2.27. The topological polar surface area (TPSA) is 25.2 Å². The van der Waals surface area contributed by atoms with Gasteiger partial charge in [0.2, 0.25) is 0 Å². The van der Waals surface area contributed by atoms with E-state index in [0.717, 1.165) is 17.8 Å². The molecule has 2 heteroatoms. The molecule has 0 radical (unpaired) electrons. The number of aromatic nitrogens is 1. The normalized spacial score (nSPS) is 25.8. The van der Waals surface area contributed by atoms with Crippen molar-refractivity contribution < 1.29 is 0 Å². The minimum atomic E-state index is 0.336. The van der Waals surface area contributed by atoms with Crippen LogP contribution in [0.5, 0.6) is 0 Å². The van der Waals surface area contributed by atoms with Crippen molar-refractivity contribution in [2.24, 2.45) is 10.9 Å². The standard InChI is InChI=1S/C16H18N2/c1-3-4-14-10-9-13-8-7-12-6-5-11(2)17-15(12)16(13)18-14/h3-8,13-14H,9-10H2,1-2H3/b4-3+. The van der Waals surface area contributed by atoms with E-state index in [-0.39, 0.29) is 0 Å². The SMILES string of the molecule is C/C=C/C1CCC2C=Cc3ccc(C)nc3C2=N1. The molecule has 92 valence electrons. The van der Waals surface area contributed by atoms with E-state index >= 15 is 0 Å². The first-order valence-corrected chi connectivity index (χ1v) is 6.64. The molecular weight excluding hydrogens is 220 g/mol. The molecule has 0 saturated carbocycles. The highest BCUT2D eigenvalue weighted by Gasteiger charge is 2.27. The number of hydrogen-bond acceptors (Lipinski definition) is 2. The number of fused-ring (bicyclic) bond motifs is 3. The Balaban J connectivity index is 2.08. The fourth-order valence-corrected chi connectivity index (χ4v) is 2.74. The first kappa shape index (κ1) is 11.4. The zero-order valence-corrected chi connectivity index (χ0v) is 10.9. The van der Waals surface area contributed by atoms with Crippen LogP contribution in [0.2, 0.25) is 0 Å². The highest BCUT2D eigenvalue weighted by atomic mass is 14.9. The maximum Gasteiger partial charge on any atom is 0.0921 e. The maximum atomic E-state index is 4.89. The van der Waals surface area contributed by atoms with E-state index in [1.807, 2.05) is 6.92 Å². The summed E-state index contributed by atoms with van der Waals surface area (Å²) in [5, 5.41) is 0. The third-order valence-corrected chi connectivity index (χ3v) is 3.66. The number of allylic oxidation sites excluding steroid dienone is 2. The van der Waals surface area contributed by atoms with Crippen LogP contribution in [0.25, 0.3) is 6.08 Å². The van der Waals surface area contributed by atoms with Crippen molar-refractivity contribution in [3.05, 3.63) is 47.3 Å². The molecule has 1 aliphatic heterocycles. The van der Waals surface area contributed by atoms with E-state index in [1.54, 1.807) is 0 Å². The molecule has 0 fully saturated rings. The molecule has 2 aliphatic rings. The first-order valence-electron chi connectivity index (χ1n) is 6.64. The Morgan fingerprint density at radius 1 is 1.28 bits per heavy atom. The largest absolute Gasteiger partial charge is 0.279 e. The quantitative estimate of drug-likeness (QED) is 0.687. The summed E-state index contributed by atoms with van der Waals surface area (Å²) in [6.45, 7) is 4.10. The monoisotopic (exact) mass is 238 g/mol. The number of aryl methyl sites for hydroxylation is 1. The average molecular weight is 238 g/mol. The van der Waals surface area contributed by atoms with Crippen LogP contribution in [0.3, 0.4) is 0 Å². The van der Waals surface area contributed by atoms with Gasteiger partial charge < -0.3 is 0 Å². The molecule has 0 N–H and O–H groups in total. The van der Waals surface area contributed by atoms with Gasteiger partial charge in [-0.3, -0.25) is 9.98 Å². The predicted octanol–water partition coefficient (Wildman–Crippen LogP) is 3.56. The predicted molar refractivity (Wildman–Crippen MR) is 75.9 cm³/mol. The van der Waals surface area contributed by atoms with Gasteiger partial charge in [0.1, 0.15) is 0 Å². The summed E-state index contributed by atoms with van der Waals surface area (Å²) >= 11 is 0. The molecule has 0 spiro atoms. The molecule has 1 aromatic rings. The highest BCUT2D eigenvalue weighted by molar-refractivity contribution is 6.07. The summed E-state index contributed by atoms with van der Waals surface area (Å²) < 4.78 is 0. The number of rotatable bonds is 1. The Kier molecular flexibility index (Phi) is 2.86. The van der Waals surface area contributed by atoms with Gasteiger partial charge in [-0.25, -0.2) is 0 Å². The summed E-state index contributed by atoms with van der Waals surface area (Å²) in [4.78, 5) is 9.58. The van der Waals surface area contributed by atoms with E-state index in [0.29, 0.717) is 12.0 Å². The summed E-state index contributed by atoms with van der Waals surface area (Å²) in [5.74, 6) is 0.466. The van der Waals surface area contributed by atoms with Gasteiger partial charge in [-0.05, 0) is 32.8 Å². The summed E-state index contributed by atoms with van der Waals surface area (Å²) in [5.41, 5.74) is 4.55. The van der Waals surface area contributed by atoms with Crippen molar-refractivity contribution in [3.63, 3.8) is 0 Å². The maximum absolute atomic E-state index is 4.89. The van der Waals surface area contributed by atoms with Crippen LogP contribution < -0.4 is 0 Å². The summed E-state index contributed by atoms with van der Waals surface area (Å²) in [6.07, 6.45) is 11.1. The molecule has 0 bridgehead atoms. The Bertz CT molecular complexity index is 552. The molecule has 0 saturated heterocycles. The molecular formula is C16H18N2. The lowest BCUT2D eigenvalue weighted by Crippen LogP contribution is -2.27. The second-order valence-electron chi connectivity index (χ2n) is 5.04. The van der Waals surface area contributed by atoms with E-state index < -0.39 is 0 Å². The minimum absolute atomic E-state index is 0.336. The van der Waals surface area contributed by atoms with Crippen molar-refractivity contribution in [3.8, 4) is 0 Å². The molecule has 2 atom stereocenters. The average Bonchev–Trinajstić information content (AvgIpc) is 2.39. The zero-order valence-electron chi connectivity index (χ0n) is 10.9. The first-order chi connectivity index (χ1) is 8.78. The lowest BCUT2D eigenvalue weighted by molar-refractivity contribution is 0.589. The minimum Gasteiger partial charge on any atom is -0.279 e. The highest BCUT2D eigenvalue weighted by Crippen LogP contribution is 2.30. The second kappa shape index (κ2) is 4.52. The fourth-order valence-electron chi connectivity index (χ4n) is 2.74. The molecule has 18 heavy (non-hydrogen) atoms. The van der Waals surface area contributed by atoms with Gasteiger partial charge in [0.05, 0.1) is 17.4 Å². The molecule has 2 unspecified atom stereocenters. The number of pyridine rings is 1. The van der Waals surface area contributed by atoms with Crippen LogP contribution in [0.1, 0.15) is 36.7 Å². The van der Waals surface area contributed by atoms with Crippen LogP contribution >= 0.6 is 0 Å². The van der Waals surface area contributed by atoms with Gasteiger partial charge in [0.25, 0.3) is 0 Å². The number of nitrogens with zero attached hydrogens (tertiary/aromatic N) is 2. The Morgan fingerprint density at radius 2 is 2.17 bits per heavy atom. The molecule has 0 aromatic carbocycles. The number of aliphatic imine (C=N–C) groups is 1. The molecule has 2 heterocycles. The Hall–Kier alpha value is -1.70. The van der Waals surface area contributed by atoms with Crippen molar-refractivity contribution in [2.75, 3.05) is 0 Å². The van der Waals surface area contributed by atoms with E-state index in [1.165, 1.54) is 17.7 Å². The smallest absolute Gasteiger partial charge is 0.0921 e. The fraction of sp³-hybridized carbons (Fsp3) is 0.375. The van der Waals surface area contributed by atoms with Gasteiger partial charge >= 0.3 is 0 Å². The van der Waals surface area contributed by atoms with E-state index in [2.05, 4.69) is 48.3 Å². The van der Waals surface area contributed by atoms with Crippen molar-refractivity contribution in [2.45, 2.75) is 32.7 Å². The molecule has 3 rings (SSSR count). The van der Waals surface area contributed by atoms with Gasteiger partial charge in [-0.1, -0.05) is 30.4 Å². The summed E-state index contributed by atoms with van der Waals surface area (Å²) in [7, 11) is 0. The third kappa shape index (κ3) is 1.92.